The lowest BCUT2D eigenvalue weighted by atomic mass is 9.86. The van der Waals surface area contributed by atoms with Crippen LogP contribution in [0.4, 0.5) is 10.2 Å². The zero-order valence-electron chi connectivity index (χ0n) is 14.8. The standard InChI is InChI=1S/C20H15BrFN5O/c1-10-18-12(11-6-7-14(22)13(21)8-11)9-17(28)25-19(18)27(26-10)20-23-15-4-2-3-5-16(15)24-20/h2-8,12H,9H2,1H3,(H,23,24)(H,25,28)/t12-/m1/s1. The summed E-state index contributed by atoms with van der Waals surface area (Å²) in [5.74, 6) is 0.470. The average molecular weight is 440 g/mol. The molecular formula is C20H15BrFN5O. The molecule has 0 aliphatic carbocycles. The molecule has 0 bridgehead atoms. The summed E-state index contributed by atoms with van der Waals surface area (Å²) >= 11 is 3.24. The van der Waals surface area contributed by atoms with Crippen LogP contribution in [0.1, 0.15) is 29.2 Å². The molecule has 2 N–H and O–H groups in total. The van der Waals surface area contributed by atoms with Gasteiger partial charge in [0.25, 0.3) is 0 Å². The van der Waals surface area contributed by atoms with Crippen LogP contribution in [-0.4, -0.2) is 25.7 Å². The van der Waals surface area contributed by atoms with Crippen molar-refractivity contribution < 1.29 is 9.18 Å². The molecule has 0 unspecified atom stereocenters. The van der Waals surface area contributed by atoms with Gasteiger partial charge in [0.05, 0.1) is 21.2 Å². The smallest absolute Gasteiger partial charge is 0.231 e. The molecular weight excluding hydrogens is 425 g/mol. The average Bonchev–Trinajstić information content (AvgIpc) is 3.24. The van der Waals surface area contributed by atoms with Crippen LogP contribution >= 0.6 is 15.9 Å². The number of aryl methyl sites for hydroxylation is 1. The molecule has 0 saturated carbocycles. The van der Waals surface area contributed by atoms with E-state index >= 15 is 0 Å². The van der Waals surface area contributed by atoms with Crippen LogP contribution < -0.4 is 5.32 Å². The minimum Gasteiger partial charge on any atom is -0.322 e. The van der Waals surface area contributed by atoms with Gasteiger partial charge in [0.15, 0.2) is 0 Å². The summed E-state index contributed by atoms with van der Waals surface area (Å²) in [5.41, 5.74) is 4.28. The Labute approximate surface area is 167 Å². The predicted molar refractivity (Wildman–Crippen MR) is 107 cm³/mol. The second-order valence-electron chi connectivity index (χ2n) is 6.82. The normalized spacial score (nSPS) is 16.2. The molecule has 1 aliphatic rings. The van der Waals surface area contributed by atoms with Crippen LogP contribution in [-0.2, 0) is 4.79 Å². The van der Waals surface area contributed by atoms with Gasteiger partial charge < -0.3 is 10.3 Å². The fourth-order valence-corrected chi connectivity index (χ4v) is 4.15. The van der Waals surface area contributed by atoms with E-state index in [-0.39, 0.29) is 24.1 Å². The zero-order chi connectivity index (χ0) is 19.4. The van der Waals surface area contributed by atoms with Gasteiger partial charge in [-0.25, -0.2) is 9.37 Å². The van der Waals surface area contributed by atoms with Crippen molar-refractivity contribution in [2.45, 2.75) is 19.3 Å². The van der Waals surface area contributed by atoms with Gasteiger partial charge in [0.2, 0.25) is 11.9 Å². The van der Waals surface area contributed by atoms with E-state index in [9.17, 15) is 9.18 Å². The predicted octanol–water partition coefficient (Wildman–Crippen LogP) is 4.43. The number of hydrogen-bond acceptors (Lipinski definition) is 3. The van der Waals surface area contributed by atoms with Gasteiger partial charge in [0, 0.05) is 17.9 Å². The number of imidazole rings is 1. The Morgan fingerprint density at radius 1 is 1.25 bits per heavy atom. The first-order chi connectivity index (χ1) is 13.5. The van der Waals surface area contributed by atoms with E-state index in [0.29, 0.717) is 16.2 Å². The highest BCUT2D eigenvalue weighted by Gasteiger charge is 2.33. The van der Waals surface area contributed by atoms with E-state index in [0.717, 1.165) is 27.9 Å². The third-order valence-corrected chi connectivity index (χ3v) is 5.63. The number of H-pyrrole nitrogens is 1. The maximum absolute atomic E-state index is 13.7. The largest absolute Gasteiger partial charge is 0.322 e. The molecule has 1 aliphatic heterocycles. The molecule has 140 valence electrons. The van der Waals surface area contributed by atoms with Crippen molar-refractivity contribution in [3.05, 3.63) is 69.6 Å². The van der Waals surface area contributed by atoms with Gasteiger partial charge in [0.1, 0.15) is 11.6 Å². The number of para-hydroxylation sites is 2. The van der Waals surface area contributed by atoms with E-state index < -0.39 is 0 Å². The number of carbonyl (C=O) groups excluding carboxylic acids is 1. The van der Waals surface area contributed by atoms with Crippen LogP contribution in [0.2, 0.25) is 0 Å². The number of fused-ring (bicyclic) bond motifs is 2. The second kappa shape index (κ2) is 6.27. The molecule has 28 heavy (non-hydrogen) atoms. The molecule has 5 rings (SSSR count). The highest BCUT2D eigenvalue weighted by molar-refractivity contribution is 9.10. The molecule has 1 amide bonds. The van der Waals surface area contributed by atoms with Gasteiger partial charge in [-0.2, -0.15) is 9.78 Å². The number of amides is 1. The summed E-state index contributed by atoms with van der Waals surface area (Å²) in [5, 5.41) is 7.56. The Balaban J connectivity index is 1.68. The lowest BCUT2D eigenvalue weighted by molar-refractivity contribution is -0.116. The number of nitrogens with one attached hydrogen (secondary N) is 2. The van der Waals surface area contributed by atoms with Crippen molar-refractivity contribution in [3.63, 3.8) is 0 Å². The van der Waals surface area contributed by atoms with Crippen LogP contribution in [0.25, 0.3) is 17.0 Å². The van der Waals surface area contributed by atoms with E-state index in [1.807, 2.05) is 31.2 Å². The molecule has 0 fully saturated rings. The monoisotopic (exact) mass is 439 g/mol. The van der Waals surface area contributed by atoms with Gasteiger partial charge >= 0.3 is 0 Å². The van der Waals surface area contributed by atoms with Crippen molar-refractivity contribution in [2.24, 2.45) is 0 Å². The summed E-state index contributed by atoms with van der Waals surface area (Å²) in [6, 6.07) is 12.5. The van der Waals surface area contributed by atoms with Gasteiger partial charge in [-0.15, -0.1) is 0 Å². The van der Waals surface area contributed by atoms with Crippen LogP contribution in [0.3, 0.4) is 0 Å². The van der Waals surface area contributed by atoms with Crippen LogP contribution in [0, 0.1) is 12.7 Å². The van der Waals surface area contributed by atoms with Gasteiger partial charge in [-0.05, 0) is 52.7 Å². The zero-order valence-corrected chi connectivity index (χ0v) is 16.4. The Morgan fingerprint density at radius 3 is 2.86 bits per heavy atom. The van der Waals surface area contributed by atoms with Crippen molar-refractivity contribution in [1.29, 1.82) is 0 Å². The van der Waals surface area contributed by atoms with Crippen LogP contribution in [0.15, 0.2) is 46.9 Å². The highest BCUT2D eigenvalue weighted by atomic mass is 79.9. The van der Waals surface area contributed by atoms with E-state index in [2.05, 4.69) is 36.3 Å². The van der Waals surface area contributed by atoms with E-state index in [1.165, 1.54) is 6.07 Å². The number of aromatic amines is 1. The maximum atomic E-state index is 13.7. The van der Waals surface area contributed by atoms with Crippen molar-refractivity contribution in [1.82, 2.24) is 19.7 Å². The first-order valence-corrected chi connectivity index (χ1v) is 9.60. The van der Waals surface area contributed by atoms with Crippen molar-refractivity contribution in [3.8, 4) is 5.95 Å². The Kier molecular flexibility index (Phi) is 3.83. The second-order valence-corrected chi connectivity index (χ2v) is 7.67. The fraction of sp³-hybridized carbons (Fsp3) is 0.150. The highest BCUT2D eigenvalue weighted by Crippen LogP contribution is 2.40. The number of hydrogen-bond donors (Lipinski definition) is 2. The Hall–Kier alpha value is -3.00. The number of nitrogens with zero attached hydrogens (tertiary/aromatic N) is 3. The molecule has 3 heterocycles. The number of aromatic nitrogens is 4. The summed E-state index contributed by atoms with van der Waals surface area (Å²) in [6.07, 6.45) is 0.276. The molecule has 8 heteroatoms. The SMILES string of the molecule is Cc1nn(-c2nc3ccccc3[nH]2)c2c1[C@@H](c1ccc(F)c(Br)c1)CC(=O)N2. The summed E-state index contributed by atoms with van der Waals surface area (Å²) in [7, 11) is 0. The lowest BCUT2D eigenvalue weighted by Crippen LogP contribution is -2.25. The molecule has 2 aromatic heterocycles. The van der Waals surface area contributed by atoms with Crippen molar-refractivity contribution in [2.75, 3.05) is 5.32 Å². The molecule has 6 nitrogen and oxygen atoms in total. The summed E-state index contributed by atoms with van der Waals surface area (Å²) < 4.78 is 15.7. The molecule has 0 spiro atoms. The quantitative estimate of drug-likeness (QED) is 0.484. The number of anilines is 1. The van der Waals surface area contributed by atoms with Gasteiger partial charge in [-0.1, -0.05) is 18.2 Å². The molecule has 0 saturated heterocycles. The topological polar surface area (TPSA) is 75.6 Å². The maximum Gasteiger partial charge on any atom is 0.231 e. The first-order valence-electron chi connectivity index (χ1n) is 8.80. The lowest BCUT2D eigenvalue weighted by Gasteiger charge is -2.24. The summed E-state index contributed by atoms with van der Waals surface area (Å²) in [4.78, 5) is 20.3. The van der Waals surface area contributed by atoms with Crippen LogP contribution in [0.5, 0.6) is 0 Å². The third-order valence-electron chi connectivity index (χ3n) is 5.03. The Morgan fingerprint density at radius 2 is 2.07 bits per heavy atom. The molecule has 2 aromatic carbocycles. The number of carbonyl (C=O) groups is 1. The van der Waals surface area contributed by atoms with E-state index in [4.69, 9.17) is 0 Å². The number of benzene rings is 2. The van der Waals surface area contributed by atoms with E-state index in [1.54, 1.807) is 16.8 Å². The minimum atomic E-state index is -0.334. The number of halogens is 2. The third kappa shape index (κ3) is 2.63. The fourth-order valence-electron chi connectivity index (χ4n) is 3.75. The first kappa shape index (κ1) is 17.1. The molecule has 1 atom stereocenters. The molecule has 0 radical (unpaired) electrons. The summed E-state index contributed by atoms with van der Waals surface area (Å²) in [6.45, 7) is 1.90. The molecule has 4 aromatic rings. The minimum absolute atomic E-state index is 0.116. The van der Waals surface area contributed by atoms with Gasteiger partial charge in [-0.3, -0.25) is 4.79 Å². The number of rotatable bonds is 2. The Bertz CT molecular complexity index is 1210. The van der Waals surface area contributed by atoms with Crippen molar-refractivity contribution >= 4 is 38.7 Å².